The smallest absolute Gasteiger partial charge is 0.319 e. The van der Waals surface area contributed by atoms with Crippen molar-refractivity contribution in [3.8, 4) is 5.75 Å². The molecule has 0 saturated heterocycles. The van der Waals surface area contributed by atoms with Gasteiger partial charge in [0.1, 0.15) is 11.6 Å². The quantitative estimate of drug-likeness (QED) is 0.727. The first-order valence-electron chi connectivity index (χ1n) is 6.53. The topological polar surface area (TPSA) is 76.4 Å². The fourth-order valence-corrected chi connectivity index (χ4v) is 1.49. The Bertz CT molecular complexity index is 458. The van der Waals surface area contributed by atoms with Crippen LogP contribution in [0, 0.1) is 5.82 Å². The van der Waals surface area contributed by atoms with E-state index in [4.69, 9.17) is 10.5 Å². The molecule has 1 aromatic carbocycles. The van der Waals surface area contributed by atoms with E-state index in [9.17, 15) is 9.18 Å². The molecule has 0 fully saturated rings. The standard InChI is InChI=1S/C14H22FN3O2/c1-14(2,3)18-13(19)17-11-9-10(15)5-6-12(11)20-8-4-7-16/h5-6,9H,4,7-8,16H2,1-3H3,(H2,17,18,19). The number of ether oxygens (including phenoxy) is 1. The fraction of sp³-hybridized carbons (Fsp3) is 0.500. The molecule has 0 aliphatic rings. The molecule has 0 aliphatic heterocycles. The summed E-state index contributed by atoms with van der Waals surface area (Å²) in [5.41, 5.74) is 5.30. The highest BCUT2D eigenvalue weighted by Gasteiger charge is 2.15. The van der Waals surface area contributed by atoms with Crippen molar-refractivity contribution in [2.24, 2.45) is 5.73 Å². The first kappa shape index (κ1) is 16.2. The lowest BCUT2D eigenvalue weighted by atomic mass is 10.1. The van der Waals surface area contributed by atoms with Crippen LogP contribution in [-0.4, -0.2) is 24.7 Å². The molecule has 5 nitrogen and oxygen atoms in total. The average molecular weight is 283 g/mol. The third kappa shape index (κ3) is 5.88. The molecule has 6 heteroatoms. The molecule has 0 aromatic heterocycles. The minimum absolute atomic E-state index is 0.295. The Balaban J connectivity index is 2.76. The maximum absolute atomic E-state index is 13.3. The number of halogens is 1. The van der Waals surface area contributed by atoms with Gasteiger partial charge in [-0.1, -0.05) is 0 Å². The van der Waals surface area contributed by atoms with Crippen LogP contribution >= 0.6 is 0 Å². The van der Waals surface area contributed by atoms with Crippen molar-refractivity contribution in [1.82, 2.24) is 5.32 Å². The van der Waals surface area contributed by atoms with E-state index < -0.39 is 11.8 Å². The highest BCUT2D eigenvalue weighted by molar-refractivity contribution is 5.91. The van der Waals surface area contributed by atoms with Crippen LogP contribution in [-0.2, 0) is 0 Å². The van der Waals surface area contributed by atoms with Crippen molar-refractivity contribution in [3.05, 3.63) is 24.0 Å². The van der Waals surface area contributed by atoms with E-state index in [-0.39, 0.29) is 5.54 Å². The Kier molecular flexibility index (Phi) is 5.76. The molecule has 4 N–H and O–H groups in total. The number of benzene rings is 1. The van der Waals surface area contributed by atoms with Crippen LogP contribution in [0.3, 0.4) is 0 Å². The van der Waals surface area contributed by atoms with Crippen molar-refractivity contribution in [2.45, 2.75) is 32.7 Å². The first-order valence-corrected chi connectivity index (χ1v) is 6.53. The number of anilines is 1. The van der Waals surface area contributed by atoms with Crippen molar-refractivity contribution in [3.63, 3.8) is 0 Å². The lowest BCUT2D eigenvalue weighted by Gasteiger charge is -2.21. The number of hydrogen-bond donors (Lipinski definition) is 3. The number of amides is 2. The third-order valence-corrected chi connectivity index (χ3v) is 2.28. The summed E-state index contributed by atoms with van der Waals surface area (Å²) in [6, 6.07) is 3.58. The molecule has 0 atom stereocenters. The van der Waals surface area contributed by atoms with Gasteiger partial charge >= 0.3 is 6.03 Å². The van der Waals surface area contributed by atoms with E-state index in [1.54, 1.807) is 0 Å². The van der Waals surface area contributed by atoms with E-state index in [0.29, 0.717) is 31.0 Å². The zero-order valence-electron chi connectivity index (χ0n) is 12.1. The molecule has 0 bridgehead atoms. The van der Waals surface area contributed by atoms with E-state index in [0.717, 1.165) is 0 Å². The molecule has 0 aliphatic carbocycles. The lowest BCUT2D eigenvalue weighted by Crippen LogP contribution is -2.43. The van der Waals surface area contributed by atoms with E-state index in [1.807, 2.05) is 20.8 Å². The summed E-state index contributed by atoms with van der Waals surface area (Å²) in [7, 11) is 0. The maximum Gasteiger partial charge on any atom is 0.319 e. The van der Waals surface area contributed by atoms with Gasteiger partial charge in [-0.3, -0.25) is 0 Å². The molecule has 1 aromatic rings. The molecule has 0 spiro atoms. The molecule has 0 saturated carbocycles. The third-order valence-electron chi connectivity index (χ3n) is 2.28. The second-order valence-corrected chi connectivity index (χ2v) is 5.46. The lowest BCUT2D eigenvalue weighted by molar-refractivity contribution is 0.243. The number of nitrogens with one attached hydrogen (secondary N) is 2. The van der Waals surface area contributed by atoms with Gasteiger partial charge in [-0.2, -0.15) is 0 Å². The predicted molar refractivity (Wildman–Crippen MR) is 77.5 cm³/mol. The van der Waals surface area contributed by atoms with Gasteiger partial charge in [0, 0.05) is 11.6 Å². The summed E-state index contributed by atoms with van der Waals surface area (Å²) in [6.45, 7) is 6.50. The normalized spacial score (nSPS) is 11.1. The number of carbonyl (C=O) groups excluding carboxylic acids is 1. The van der Waals surface area contributed by atoms with Crippen molar-refractivity contribution in [1.29, 1.82) is 0 Å². The van der Waals surface area contributed by atoms with E-state index in [1.165, 1.54) is 18.2 Å². The summed E-state index contributed by atoms with van der Waals surface area (Å²) in [5.74, 6) is -0.0221. The highest BCUT2D eigenvalue weighted by atomic mass is 19.1. The summed E-state index contributed by atoms with van der Waals surface area (Å²) in [6.07, 6.45) is 0.686. The van der Waals surface area contributed by atoms with Gasteiger partial charge in [0.05, 0.1) is 12.3 Å². The number of carbonyl (C=O) groups is 1. The molecule has 0 radical (unpaired) electrons. The monoisotopic (exact) mass is 283 g/mol. The maximum atomic E-state index is 13.3. The summed E-state index contributed by atoms with van der Waals surface area (Å²) < 4.78 is 18.8. The van der Waals surface area contributed by atoms with Gasteiger partial charge in [-0.15, -0.1) is 0 Å². The van der Waals surface area contributed by atoms with Crippen LogP contribution in [0.1, 0.15) is 27.2 Å². The van der Waals surface area contributed by atoms with Gasteiger partial charge in [0.2, 0.25) is 0 Å². The van der Waals surface area contributed by atoms with Gasteiger partial charge in [-0.05, 0) is 45.9 Å². The molecule has 2 amide bonds. The van der Waals surface area contributed by atoms with Crippen LogP contribution in [0.15, 0.2) is 18.2 Å². The SMILES string of the molecule is CC(C)(C)NC(=O)Nc1cc(F)ccc1OCCCN. The molecule has 0 unspecified atom stereocenters. The van der Waals surface area contributed by atoms with Gasteiger partial charge in [0.25, 0.3) is 0 Å². The van der Waals surface area contributed by atoms with Crippen molar-refractivity contribution < 1.29 is 13.9 Å². The largest absolute Gasteiger partial charge is 0.491 e. The summed E-state index contributed by atoms with van der Waals surface area (Å²) >= 11 is 0. The summed E-state index contributed by atoms with van der Waals surface area (Å²) in [5, 5.41) is 5.32. The molecule has 0 heterocycles. The highest BCUT2D eigenvalue weighted by Crippen LogP contribution is 2.25. The number of urea groups is 1. The van der Waals surface area contributed by atoms with Gasteiger partial charge < -0.3 is 21.1 Å². The second-order valence-electron chi connectivity index (χ2n) is 5.46. The number of nitrogens with two attached hydrogens (primary N) is 1. The van der Waals surface area contributed by atoms with E-state index in [2.05, 4.69) is 10.6 Å². The van der Waals surface area contributed by atoms with Gasteiger partial charge in [0.15, 0.2) is 0 Å². The number of hydrogen-bond acceptors (Lipinski definition) is 3. The van der Waals surface area contributed by atoms with Gasteiger partial charge in [-0.25, -0.2) is 9.18 Å². The molecule has 112 valence electrons. The Hall–Kier alpha value is -1.82. The van der Waals surface area contributed by atoms with Crippen molar-refractivity contribution >= 4 is 11.7 Å². The summed E-state index contributed by atoms with van der Waals surface area (Å²) in [4.78, 5) is 11.8. The second kappa shape index (κ2) is 7.09. The Labute approximate surface area is 118 Å². The number of rotatable bonds is 5. The molecular formula is C14H22FN3O2. The van der Waals surface area contributed by atoms with Crippen molar-refractivity contribution in [2.75, 3.05) is 18.5 Å². The van der Waals surface area contributed by atoms with Crippen LogP contribution in [0.4, 0.5) is 14.9 Å². The van der Waals surface area contributed by atoms with Crippen LogP contribution in [0.5, 0.6) is 5.75 Å². The predicted octanol–water partition coefficient (Wildman–Crippen LogP) is 2.47. The molecule has 20 heavy (non-hydrogen) atoms. The Morgan fingerprint density at radius 3 is 2.70 bits per heavy atom. The first-order chi connectivity index (χ1) is 9.31. The minimum atomic E-state index is -0.442. The Morgan fingerprint density at radius 2 is 2.10 bits per heavy atom. The fourth-order valence-electron chi connectivity index (χ4n) is 1.49. The minimum Gasteiger partial charge on any atom is -0.491 e. The Morgan fingerprint density at radius 1 is 1.40 bits per heavy atom. The zero-order valence-corrected chi connectivity index (χ0v) is 12.1. The molecule has 1 rings (SSSR count). The van der Waals surface area contributed by atoms with Crippen LogP contribution < -0.4 is 21.1 Å². The van der Waals surface area contributed by atoms with E-state index >= 15 is 0 Å². The van der Waals surface area contributed by atoms with Crippen LogP contribution in [0.2, 0.25) is 0 Å². The molecular weight excluding hydrogens is 261 g/mol. The van der Waals surface area contributed by atoms with Crippen LogP contribution in [0.25, 0.3) is 0 Å². The average Bonchev–Trinajstić information content (AvgIpc) is 2.29. The zero-order chi connectivity index (χ0) is 15.2.